The molecule has 2 heterocycles. The average Bonchev–Trinajstić information content (AvgIpc) is 2.60. The standard InChI is InChI=1S/C20H30N2O3S/c1-21-15-18(17-6-4-3-5-7-17)14-20(16-21)9-11-22(12-10-20)19(23)8-13-26(2,24)25/h3-7,18H,8-16H2,1-2H3/t18-/m0/s1. The summed E-state index contributed by atoms with van der Waals surface area (Å²) in [4.78, 5) is 16.6. The zero-order chi connectivity index (χ0) is 18.8. The van der Waals surface area contributed by atoms with Gasteiger partial charge >= 0.3 is 0 Å². The van der Waals surface area contributed by atoms with Gasteiger partial charge in [-0.1, -0.05) is 30.3 Å². The van der Waals surface area contributed by atoms with Crippen molar-refractivity contribution in [3.63, 3.8) is 0 Å². The predicted molar refractivity (Wildman–Crippen MR) is 104 cm³/mol. The fourth-order valence-corrected chi connectivity index (χ4v) is 5.18. The smallest absolute Gasteiger partial charge is 0.223 e. The number of piperidine rings is 2. The maximum Gasteiger partial charge on any atom is 0.223 e. The van der Waals surface area contributed by atoms with E-state index in [4.69, 9.17) is 0 Å². The third kappa shape index (κ3) is 4.86. The van der Waals surface area contributed by atoms with Crippen LogP contribution in [0.15, 0.2) is 30.3 Å². The minimum Gasteiger partial charge on any atom is -0.343 e. The van der Waals surface area contributed by atoms with E-state index in [0.29, 0.717) is 5.92 Å². The molecule has 0 saturated carbocycles. The van der Waals surface area contributed by atoms with Crippen molar-refractivity contribution in [1.29, 1.82) is 0 Å². The molecule has 2 saturated heterocycles. The van der Waals surface area contributed by atoms with Gasteiger partial charge in [0.15, 0.2) is 0 Å². The highest BCUT2D eigenvalue weighted by atomic mass is 32.2. The van der Waals surface area contributed by atoms with E-state index in [1.807, 2.05) is 4.90 Å². The van der Waals surface area contributed by atoms with Crippen molar-refractivity contribution in [3.8, 4) is 0 Å². The molecule has 1 amide bonds. The molecule has 0 N–H and O–H groups in total. The first kappa shape index (κ1) is 19.4. The lowest BCUT2D eigenvalue weighted by atomic mass is 9.68. The lowest BCUT2D eigenvalue weighted by Gasteiger charge is -2.49. The lowest BCUT2D eigenvalue weighted by Crippen LogP contribution is -2.51. The van der Waals surface area contributed by atoms with Gasteiger partial charge in [0, 0.05) is 38.9 Å². The average molecular weight is 379 g/mol. The molecule has 0 unspecified atom stereocenters. The Hall–Kier alpha value is -1.40. The zero-order valence-corrected chi connectivity index (χ0v) is 16.7. The molecule has 6 heteroatoms. The summed E-state index contributed by atoms with van der Waals surface area (Å²) in [6, 6.07) is 10.7. The van der Waals surface area contributed by atoms with Gasteiger partial charge < -0.3 is 9.80 Å². The first-order valence-corrected chi connectivity index (χ1v) is 11.5. The molecule has 0 bridgehead atoms. The number of benzene rings is 1. The molecule has 3 rings (SSSR count). The largest absolute Gasteiger partial charge is 0.343 e. The van der Waals surface area contributed by atoms with Crippen molar-refractivity contribution in [3.05, 3.63) is 35.9 Å². The molecule has 2 aliphatic heterocycles. The fourth-order valence-electron chi connectivity index (χ4n) is 4.64. The minimum absolute atomic E-state index is 0.0194. The van der Waals surface area contributed by atoms with E-state index in [0.717, 1.165) is 39.0 Å². The van der Waals surface area contributed by atoms with Crippen molar-refractivity contribution in [1.82, 2.24) is 9.80 Å². The second kappa shape index (κ2) is 7.69. The normalized spacial score (nSPS) is 23.9. The second-order valence-electron chi connectivity index (χ2n) is 8.27. The van der Waals surface area contributed by atoms with Gasteiger partial charge in [0.05, 0.1) is 5.75 Å². The van der Waals surface area contributed by atoms with Crippen LogP contribution in [0.5, 0.6) is 0 Å². The Morgan fingerprint density at radius 2 is 1.85 bits per heavy atom. The molecule has 0 aromatic heterocycles. The number of carbonyl (C=O) groups is 1. The van der Waals surface area contributed by atoms with Gasteiger partial charge in [0.2, 0.25) is 5.91 Å². The van der Waals surface area contributed by atoms with Gasteiger partial charge in [-0.05, 0) is 43.2 Å². The summed E-state index contributed by atoms with van der Waals surface area (Å²) in [5.41, 5.74) is 1.67. The van der Waals surface area contributed by atoms with Gasteiger partial charge in [-0.25, -0.2) is 8.42 Å². The summed E-state index contributed by atoms with van der Waals surface area (Å²) in [6.07, 6.45) is 4.48. The van der Waals surface area contributed by atoms with Crippen LogP contribution in [0.2, 0.25) is 0 Å². The summed E-state index contributed by atoms with van der Waals surface area (Å²) in [7, 11) is -0.889. The number of likely N-dealkylation sites (N-methyl/N-ethyl adjacent to an activating group) is 1. The van der Waals surface area contributed by atoms with Crippen LogP contribution < -0.4 is 0 Å². The van der Waals surface area contributed by atoms with E-state index >= 15 is 0 Å². The number of likely N-dealkylation sites (tertiary alicyclic amines) is 2. The minimum atomic E-state index is -3.08. The third-order valence-corrected chi connectivity index (χ3v) is 6.90. The summed E-state index contributed by atoms with van der Waals surface area (Å²) in [5, 5.41) is 0. The van der Waals surface area contributed by atoms with Crippen LogP contribution in [0, 0.1) is 5.41 Å². The molecule has 26 heavy (non-hydrogen) atoms. The topological polar surface area (TPSA) is 57.7 Å². The van der Waals surface area contributed by atoms with Gasteiger partial charge in [0.25, 0.3) is 0 Å². The molecular formula is C20H30N2O3S. The number of carbonyl (C=O) groups excluding carboxylic acids is 1. The van der Waals surface area contributed by atoms with Crippen LogP contribution in [0.3, 0.4) is 0 Å². The first-order valence-electron chi connectivity index (χ1n) is 9.45. The van der Waals surface area contributed by atoms with Gasteiger partial charge in [-0.2, -0.15) is 0 Å². The molecule has 144 valence electrons. The van der Waals surface area contributed by atoms with Gasteiger partial charge in [-0.15, -0.1) is 0 Å². The van der Waals surface area contributed by atoms with Crippen molar-refractivity contribution in [2.75, 3.05) is 45.2 Å². The summed E-state index contributed by atoms with van der Waals surface area (Å²) in [6.45, 7) is 3.67. The molecule has 0 aliphatic carbocycles. The predicted octanol–water partition coefficient (Wildman–Crippen LogP) is 2.15. The Morgan fingerprint density at radius 1 is 1.19 bits per heavy atom. The molecule has 2 fully saturated rings. The zero-order valence-electron chi connectivity index (χ0n) is 15.9. The molecular weight excluding hydrogens is 348 g/mol. The van der Waals surface area contributed by atoms with E-state index in [1.54, 1.807) is 0 Å². The van der Waals surface area contributed by atoms with Crippen molar-refractivity contribution in [2.45, 2.75) is 31.6 Å². The van der Waals surface area contributed by atoms with Crippen LogP contribution in [0.25, 0.3) is 0 Å². The quantitative estimate of drug-likeness (QED) is 0.806. The maximum absolute atomic E-state index is 12.3. The van der Waals surface area contributed by atoms with E-state index in [-0.39, 0.29) is 23.5 Å². The summed E-state index contributed by atoms with van der Waals surface area (Å²) in [5.74, 6) is 0.475. The highest BCUT2D eigenvalue weighted by Gasteiger charge is 2.41. The first-order chi connectivity index (χ1) is 12.3. The SMILES string of the molecule is CN1C[C@@H](c2ccccc2)CC2(CCN(C(=O)CCS(C)(=O)=O)CC2)C1. The van der Waals surface area contributed by atoms with Crippen LogP contribution in [0.1, 0.15) is 37.2 Å². The molecule has 1 atom stereocenters. The Labute approximate surface area is 157 Å². The Kier molecular flexibility index (Phi) is 5.72. The molecule has 0 radical (unpaired) electrons. The molecule has 5 nitrogen and oxygen atoms in total. The molecule has 1 aromatic carbocycles. The number of sulfone groups is 1. The lowest BCUT2D eigenvalue weighted by molar-refractivity contribution is -0.133. The van der Waals surface area contributed by atoms with Crippen molar-refractivity contribution < 1.29 is 13.2 Å². The number of nitrogens with zero attached hydrogens (tertiary/aromatic N) is 2. The van der Waals surface area contributed by atoms with Gasteiger partial charge in [0.1, 0.15) is 9.84 Å². The van der Waals surface area contributed by atoms with E-state index in [1.165, 1.54) is 18.2 Å². The summed E-state index contributed by atoms with van der Waals surface area (Å²) < 4.78 is 22.6. The summed E-state index contributed by atoms with van der Waals surface area (Å²) >= 11 is 0. The van der Waals surface area contributed by atoms with Crippen molar-refractivity contribution >= 4 is 15.7 Å². The van der Waals surface area contributed by atoms with Crippen LogP contribution >= 0.6 is 0 Å². The molecule has 1 spiro atoms. The maximum atomic E-state index is 12.3. The number of hydrogen-bond acceptors (Lipinski definition) is 4. The molecule has 1 aromatic rings. The fraction of sp³-hybridized carbons (Fsp3) is 0.650. The Bertz CT molecular complexity index is 725. The third-order valence-electron chi connectivity index (χ3n) is 5.95. The number of hydrogen-bond donors (Lipinski definition) is 0. The Balaban J connectivity index is 1.61. The van der Waals surface area contributed by atoms with Crippen LogP contribution in [0.4, 0.5) is 0 Å². The Morgan fingerprint density at radius 3 is 2.46 bits per heavy atom. The number of amides is 1. The highest BCUT2D eigenvalue weighted by Crippen LogP contribution is 2.44. The van der Waals surface area contributed by atoms with Gasteiger partial charge in [-0.3, -0.25) is 4.79 Å². The number of rotatable bonds is 4. The molecule has 2 aliphatic rings. The van der Waals surface area contributed by atoms with Crippen LogP contribution in [-0.4, -0.2) is 69.4 Å². The van der Waals surface area contributed by atoms with E-state index < -0.39 is 9.84 Å². The van der Waals surface area contributed by atoms with E-state index in [9.17, 15) is 13.2 Å². The van der Waals surface area contributed by atoms with Crippen LogP contribution in [-0.2, 0) is 14.6 Å². The highest BCUT2D eigenvalue weighted by molar-refractivity contribution is 7.90. The monoisotopic (exact) mass is 378 g/mol. The van der Waals surface area contributed by atoms with Crippen molar-refractivity contribution in [2.24, 2.45) is 5.41 Å². The second-order valence-corrected chi connectivity index (χ2v) is 10.5. The van der Waals surface area contributed by atoms with E-state index in [2.05, 4.69) is 42.3 Å².